The Morgan fingerprint density at radius 1 is 0.967 bits per heavy atom. The number of fused-ring (bicyclic) bond motifs is 1. The molecule has 3 N–H and O–H groups in total. The molecule has 0 spiro atoms. The molecule has 158 valence electrons. The van der Waals surface area contributed by atoms with Crippen LogP contribution in [0.1, 0.15) is 10.4 Å². The third-order valence-electron chi connectivity index (χ3n) is 4.61. The van der Waals surface area contributed by atoms with E-state index in [2.05, 4.69) is 0 Å². The average molecular weight is 449 g/mol. The van der Waals surface area contributed by atoms with Crippen molar-refractivity contribution < 1.29 is 26.2 Å². The maximum absolute atomic E-state index is 13.1. The molecule has 0 radical (unpaired) electrons. The number of amides is 1. The van der Waals surface area contributed by atoms with Crippen molar-refractivity contribution >= 4 is 42.3 Å². The van der Waals surface area contributed by atoms with Crippen LogP contribution >= 0.6 is 0 Å². The molecule has 0 saturated carbocycles. The van der Waals surface area contributed by atoms with Crippen LogP contribution in [0.2, 0.25) is 0 Å². The first kappa shape index (κ1) is 21.8. The van der Waals surface area contributed by atoms with E-state index < -0.39 is 31.6 Å². The van der Waals surface area contributed by atoms with E-state index in [0.29, 0.717) is 0 Å². The summed E-state index contributed by atoms with van der Waals surface area (Å²) in [6.07, 6.45) is 0. The molecular formula is C20H20N2O6S2. The third-order valence-corrected chi connectivity index (χ3v) is 7.13. The zero-order valence-corrected chi connectivity index (χ0v) is 17.7. The molecule has 3 aromatic carbocycles. The van der Waals surface area contributed by atoms with E-state index in [9.17, 15) is 21.6 Å². The summed E-state index contributed by atoms with van der Waals surface area (Å²) >= 11 is 0. The van der Waals surface area contributed by atoms with Crippen molar-refractivity contribution in [2.45, 2.75) is 9.79 Å². The molecule has 0 unspecified atom stereocenters. The summed E-state index contributed by atoms with van der Waals surface area (Å²) in [7, 11) is -6.76. The average Bonchev–Trinajstić information content (AvgIpc) is 2.70. The fraction of sp³-hybridized carbons (Fsp3) is 0.150. The van der Waals surface area contributed by atoms with Crippen LogP contribution in [0.4, 0.5) is 5.69 Å². The van der Waals surface area contributed by atoms with E-state index in [1.165, 1.54) is 31.3 Å². The van der Waals surface area contributed by atoms with Gasteiger partial charge >= 0.3 is 0 Å². The zero-order valence-electron chi connectivity index (χ0n) is 16.0. The molecule has 3 rings (SSSR count). The van der Waals surface area contributed by atoms with E-state index >= 15 is 0 Å². The lowest BCUT2D eigenvalue weighted by Gasteiger charge is -2.17. The highest BCUT2D eigenvalue weighted by Crippen LogP contribution is 2.29. The second kappa shape index (κ2) is 8.05. The largest absolute Gasteiger partial charge is 0.398 e. The van der Waals surface area contributed by atoms with Gasteiger partial charge in [0.05, 0.1) is 21.2 Å². The Morgan fingerprint density at radius 2 is 1.63 bits per heavy atom. The molecule has 8 nitrogen and oxygen atoms in total. The SMILES string of the molecule is CN(CCS(=O)(=O)O)C(=O)c1ccc(S(=O)(=O)c2ccc3ccccc3c2)c(N)c1. The first-order chi connectivity index (χ1) is 14.0. The Balaban J connectivity index is 1.90. The summed E-state index contributed by atoms with van der Waals surface area (Å²) in [5, 5.41) is 1.67. The summed E-state index contributed by atoms with van der Waals surface area (Å²) in [5.74, 6) is -1.17. The van der Waals surface area contributed by atoms with Gasteiger partial charge in [0.15, 0.2) is 0 Å². The Hall–Kier alpha value is -2.95. The number of sulfone groups is 1. The first-order valence-electron chi connectivity index (χ1n) is 8.83. The fourth-order valence-corrected chi connectivity index (χ4v) is 4.87. The van der Waals surface area contributed by atoms with Gasteiger partial charge in [-0.25, -0.2) is 8.42 Å². The molecule has 0 aliphatic rings. The van der Waals surface area contributed by atoms with E-state index in [4.69, 9.17) is 10.3 Å². The summed E-state index contributed by atoms with van der Waals surface area (Å²) in [4.78, 5) is 13.5. The van der Waals surface area contributed by atoms with Gasteiger partial charge in [-0.3, -0.25) is 9.35 Å². The monoisotopic (exact) mass is 448 g/mol. The molecule has 3 aromatic rings. The molecule has 1 amide bonds. The number of carbonyl (C=O) groups excluding carboxylic acids is 1. The standard InChI is InChI=1S/C20H20N2O6S2/c1-22(10-11-29(24,25)26)20(23)16-7-9-19(18(21)13-16)30(27,28)17-8-6-14-4-2-3-5-15(14)12-17/h2-9,12-13H,10-11,21H2,1H3,(H,24,25,26). The predicted octanol–water partition coefficient (Wildman–Crippen LogP) is 2.21. The highest BCUT2D eigenvalue weighted by Gasteiger charge is 2.23. The fourth-order valence-electron chi connectivity index (χ4n) is 2.96. The number of nitrogens with zero attached hydrogens (tertiary/aromatic N) is 1. The third kappa shape index (κ3) is 4.61. The summed E-state index contributed by atoms with van der Waals surface area (Å²) in [6, 6.07) is 15.9. The van der Waals surface area contributed by atoms with Crippen LogP contribution in [0.15, 0.2) is 70.5 Å². The molecule has 0 heterocycles. The van der Waals surface area contributed by atoms with Gasteiger partial charge in [0.1, 0.15) is 0 Å². The minimum atomic E-state index is -4.21. The van der Waals surface area contributed by atoms with Crippen LogP contribution in [-0.2, 0) is 20.0 Å². The number of hydrogen-bond acceptors (Lipinski definition) is 6. The van der Waals surface area contributed by atoms with Crippen molar-refractivity contribution in [1.29, 1.82) is 0 Å². The minimum absolute atomic E-state index is 0.0808. The van der Waals surface area contributed by atoms with Gasteiger partial charge in [-0.05, 0) is 41.1 Å². The summed E-state index contributed by atoms with van der Waals surface area (Å²) in [5.41, 5.74) is 5.95. The summed E-state index contributed by atoms with van der Waals surface area (Å²) < 4.78 is 56.6. The molecule has 30 heavy (non-hydrogen) atoms. The lowest BCUT2D eigenvalue weighted by atomic mass is 10.1. The number of benzene rings is 3. The maximum atomic E-state index is 13.1. The molecule has 0 saturated heterocycles. The Labute approximate surface area is 174 Å². The van der Waals surface area contributed by atoms with Gasteiger partial charge in [-0.2, -0.15) is 8.42 Å². The van der Waals surface area contributed by atoms with Crippen molar-refractivity contribution in [1.82, 2.24) is 4.90 Å². The zero-order chi connectivity index (χ0) is 22.1. The molecule has 0 aromatic heterocycles. The van der Waals surface area contributed by atoms with E-state index in [1.807, 2.05) is 24.3 Å². The number of carbonyl (C=O) groups is 1. The van der Waals surface area contributed by atoms with Crippen LogP contribution in [0.25, 0.3) is 10.8 Å². The molecule has 0 fully saturated rings. The van der Waals surface area contributed by atoms with Gasteiger partial charge in [-0.15, -0.1) is 0 Å². The molecular weight excluding hydrogens is 428 g/mol. The first-order valence-corrected chi connectivity index (χ1v) is 11.9. The molecule has 0 bridgehead atoms. The van der Waals surface area contributed by atoms with Crippen LogP contribution in [-0.4, -0.2) is 51.5 Å². The van der Waals surface area contributed by atoms with Gasteiger partial charge < -0.3 is 10.6 Å². The second-order valence-electron chi connectivity index (χ2n) is 6.78. The number of nitrogens with two attached hydrogens (primary N) is 1. The normalized spacial score (nSPS) is 12.1. The maximum Gasteiger partial charge on any atom is 0.266 e. The quantitative estimate of drug-likeness (QED) is 0.436. The van der Waals surface area contributed by atoms with E-state index in [-0.39, 0.29) is 27.6 Å². The van der Waals surface area contributed by atoms with Crippen LogP contribution in [0, 0.1) is 0 Å². The minimum Gasteiger partial charge on any atom is -0.398 e. The highest BCUT2D eigenvalue weighted by molar-refractivity contribution is 7.91. The Bertz CT molecular complexity index is 1330. The lowest BCUT2D eigenvalue weighted by molar-refractivity contribution is 0.0803. The van der Waals surface area contributed by atoms with Crippen molar-refractivity contribution in [3.63, 3.8) is 0 Å². The molecule has 0 atom stereocenters. The molecule has 10 heteroatoms. The van der Waals surface area contributed by atoms with Gasteiger partial charge in [0.2, 0.25) is 9.84 Å². The van der Waals surface area contributed by atoms with Crippen molar-refractivity contribution in [3.8, 4) is 0 Å². The Morgan fingerprint density at radius 3 is 2.27 bits per heavy atom. The Kier molecular flexibility index (Phi) is 5.84. The number of nitrogen functional groups attached to an aromatic ring is 1. The number of rotatable bonds is 6. The van der Waals surface area contributed by atoms with Crippen LogP contribution in [0.5, 0.6) is 0 Å². The predicted molar refractivity (Wildman–Crippen MR) is 114 cm³/mol. The smallest absolute Gasteiger partial charge is 0.266 e. The van der Waals surface area contributed by atoms with Gasteiger partial charge in [0.25, 0.3) is 16.0 Å². The van der Waals surface area contributed by atoms with E-state index in [1.54, 1.807) is 12.1 Å². The van der Waals surface area contributed by atoms with E-state index in [0.717, 1.165) is 15.7 Å². The second-order valence-corrected chi connectivity index (χ2v) is 10.3. The molecule has 0 aliphatic carbocycles. The molecule has 0 aliphatic heterocycles. The van der Waals surface area contributed by atoms with Crippen molar-refractivity contribution in [2.24, 2.45) is 0 Å². The summed E-state index contributed by atoms with van der Waals surface area (Å²) in [6.45, 7) is -0.227. The van der Waals surface area contributed by atoms with Gasteiger partial charge in [0, 0.05) is 19.2 Å². The van der Waals surface area contributed by atoms with Crippen LogP contribution in [0.3, 0.4) is 0 Å². The van der Waals surface area contributed by atoms with Crippen molar-refractivity contribution in [2.75, 3.05) is 25.1 Å². The topological polar surface area (TPSA) is 135 Å². The number of anilines is 1. The lowest BCUT2D eigenvalue weighted by Crippen LogP contribution is -2.31. The highest BCUT2D eigenvalue weighted by atomic mass is 32.2. The van der Waals surface area contributed by atoms with Crippen LogP contribution < -0.4 is 5.73 Å². The number of hydrogen-bond donors (Lipinski definition) is 2. The van der Waals surface area contributed by atoms with Crippen molar-refractivity contribution in [3.05, 3.63) is 66.2 Å². The van der Waals surface area contributed by atoms with Gasteiger partial charge in [-0.1, -0.05) is 30.3 Å².